The van der Waals surface area contributed by atoms with Crippen molar-refractivity contribution < 1.29 is 10.1 Å². The van der Waals surface area contributed by atoms with E-state index in [0.29, 0.717) is 6.54 Å². The number of quaternary nitrogens is 1. The second kappa shape index (κ2) is 7.43. The summed E-state index contributed by atoms with van der Waals surface area (Å²) in [5.74, 6) is -0.00104. The molecular weight excluding hydrogens is 296 g/mol. The molecule has 0 spiro atoms. The summed E-state index contributed by atoms with van der Waals surface area (Å²) in [7, 11) is 0. The molecule has 0 bridgehead atoms. The molecule has 0 radical (unpaired) electrons. The summed E-state index contributed by atoms with van der Waals surface area (Å²) in [6.45, 7) is 6.49. The van der Waals surface area contributed by atoms with E-state index in [9.17, 15) is 4.79 Å². The van der Waals surface area contributed by atoms with E-state index in [-0.39, 0.29) is 11.9 Å². The number of anilines is 1. The SMILES string of the molecule is Cc1cc(C)cc(NC(=O)C[NH2+][C@@H](C)c2cccc(Cl)c2)c1. The van der Waals surface area contributed by atoms with E-state index in [1.54, 1.807) is 0 Å². The van der Waals surface area contributed by atoms with Crippen molar-refractivity contribution in [3.63, 3.8) is 0 Å². The van der Waals surface area contributed by atoms with Crippen molar-refractivity contribution in [3.8, 4) is 0 Å². The summed E-state index contributed by atoms with van der Waals surface area (Å²) in [5.41, 5.74) is 4.26. The molecule has 0 aliphatic rings. The Morgan fingerprint density at radius 1 is 1.18 bits per heavy atom. The molecule has 0 aliphatic heterocycles. The second-order valence-corrected chi connectivity index (χ2v) is 6.14. The van der Waals surface area contributed by atoms with Gasteiger partial charge in [-0.05, 0) is 56.2 Å². The van der Waals surface area contributed by atoms with Gasteiger partial charge in [0.2, 0.25) is 0 Å². The first-order valence-electron chi connectivity index (χ1n) is 7.41. The number of hydrogen-bond donors (Lipinski definition) is 2. The average Bonchev–Trinajstić information content (AvgIpc) is 2.43. The Bertz CT molecular complexity index is 650. The van der Waals surface area contributed by atoms with E-state index in [1.807, 2.05) is 55.6 Å². The van der Waals surface area contributed by atoms with Gasteiger partial charge in [0, 0.05) is 16.3 Å². The van der Waals surface area contributed by atoms with Gasteiger partial charge in [0.15, 0.2) is 6.54 Å². The number of amides is 1. The molecule has 0 aliphatic carbocycles. The Morgan fingerprint density at radius 3 is 2.50 bits per heavy atom. The number of hydrogen-bond acceptors (Lipinski definition) is 1. The van der Waals surface area contributed by atoms with Crippen molar-refractivity contribution in [1.82, 2.24) is 0 Å². The lowest BCUT2D eigenvalue weighted by molar-refractivity contribution is -0.682. The van der Waals surface area contributed by atoms with Crippen LogP contribution in [0.25, 0.3) is 0 Å². The molecule has 1 atom stereocenters. The third kappa shape index (κ3) is 4.86. The van der Waals surface area contributed by atoms with E-state index in [2.05, 4.69) is 18.3 Å². The van der Waals surface area contributed by atoms with Gasteiger partial charge in [-0.2, -0.15) is 0 Å². The fraction of sp³-hybridized carbons (Fsp3) is 0.278. The van der Waals surface area contributed by atoms with Crippen LogP contribution in [0.3, 0.4) is 0 Å². The van der Waals surface area contributed by atoms with Gasteiger partial charge in [0.05, 0.1) is 0 Å². The summed E-state index contributed by atoms with van der Waals surface area (Å²) in [4.78, 5) is 12.1. The minimum Gasteiger partial charge on any atom is -0.333 e. The fourth-order valence-electron chi connectivity index (χ4n) is 2.47. The van der Waals surface area contributed by atoms with E-state index in [1.165, 1.54) is 0 Å². The van der Waals surface area contributed by atoms with E-state index in [0.717, 1.165) is 27.4 Å². The van der Waals surface area contributed by atoms with E-state index < -0.39 is 0 Å². The van der Waals surface area contributed by atoms with Gasteiger partial charge in [-0.15, -0.1) is 0 Å². The molecule has 2 aromatic carbocycles. The molecule has 3 N–H and O–H groups in total. The van der Waals surface area contributed by atoms with Crippen molar-refractivity contribution in [2.24, 2.45) is 0 Å². The lowest BCUT2D eigenvalue weighted by Gasteiger charge is -2.12. The van der Waals surface area contributed by atoms with Crippen LogP contribution in [0.15, 0.2) is 42.5 Å². The molecule has 0 heterocycles. The van der Waals surface area contributed by atoms with E-state index >= 15 is 0 Å². The van der Waals surface area contributed by atoms with Crippen molar-refractivity contribution >= 4 is 23.2 Å². The Hall–Kier alpha value is -1.84. The minimum absolute atomic E-state index is 0.00104. The maximum atomic E-state index is 12.1. The number of aryl methyl sites for hydroxylation is 2. The number of benzene rings is 2. The van der Waals surface area contributed by atoms with Crippen molar-refractivity contribution in [1.29, 1.82) is 0 Å². The normalized spacial score (nSPS) is 12.0. The Labute approximate surface area is 136 Å². The molecule has 0 saturated carbocycles. The van der Waals surface area contributed by atoms with Crippen LogP contribution in [-0.2, 0) is 4.79 Å². The summed E-state index contributed by atoms with van der Waals surface area (Å²) >= 11 is 6.00. The van der Waals surface area contributed by atoms with Crippen molar-refractivity contribution in [2.75, 3.05) is 11.9 Å². The molecule has 2 aromatic rings. The molecule has 0 saturated heterocycles. The van der Waals surface area contributed by atoms with Crippen molar-refractivity contribution in [3.05, 3.63) is 64.2 Å². The molecule has 2 rings (SSSR count). The first kappa shape index (κ1) is 16.5. The number of nitrogens with two attached hydrogens (primary N) is 1. The molecule has 1 amide bonds. The highest BCUT2D eigenvalue weighted by molar-refractivity contribution is 6.30. The zero-order valence-corrected chi connectivity index (χ0v) is 13.9. The first-order chi connectivity index (χ1) is 10.4. The predicted molar refractivity (Wildman–Crippen MR) is 91.2 cm³/mol. The molecule has 4 heteroatoms. The van der Waals surface area contributed by atoms with Gasteiger partial charge in [-0.1, -0.05) is 29.8 Å². The third-order valence-electron chi connectivity index (χ3n) is 3.54. The van der Waals surface area contributed by atoms with Crippen LogP contribution in [0.1, 0.15) is 29.7 Å². The lowest BCUT2D eigenvalue weighted by atomic mass is 10.1. The van der Waals surface area contributed by atoms with Crippen molar-refractivity contribution in [2.45, 2.75) is 26.8 Å². The molecule has 0 unspecified atom stereocenters. The summed E-state index contributed by atoms with van der Waals surface area (Å²) in [6.07, 6.45) is 0. The van der Waals surface area contributed by atoms with Gasteiger partial charge in [-0.25, -0.2) is 0 Å². The number of halogens is 1. The quantitative estimate of drug-likeness (QED) is 0.874. The maximum absolute atomic E-state index is 12.1. The standard InChI is InChI=1S/C18H21ClN2O/c1-12-7-13(2)9-17(8-12)21-18(22)11-20-14(3)15-5-4-6-16(19)10-15/h4-10,14,20H,11H2,1-3H3,(H,21,22)/p+1/t14-/m0/s1. The van der Waals surface area contributed by atoms with Gasteiger partial charge >= 0.3 is 0 Å². The highest BCUT2D eigenvalue weighted by Gasteiger charge is 2.12. The van der Waals surface area contributed by atoms with Gasteiger partial charge in [0.1, 0.15) is 6.04 Å². The lowest BCUT2D eigenvalue weighted by Crippen LogP contribution is -2.86. The Kier molecular flexibility index (Phi) is 5.58. The highest BCUT2D eigenvalue weighted by Crippen LogP contribution is 2.15. The van der Waals surface area contributed by atoms with Crippen LogP contribution in [-0.4, -0.2) is 12.5 Å². The van der Waals surface area contributed by atoms with Crippen LogP contribution in [0.2, 0.25) is 5.02 Å². The van der Waals surface area contributed by atoms with Crippen LogP contribution < -0.4 is 10.6 Å². The highest BCUT2D eigenvalue weighted by atomic mass is 35.5. The molecule has 0 aromatic heterocycles. The zero-order valence-electron chi connectivity index (χ0n) is 13.2. The first-order valence-corrected chi connectivity index (χ1v) is 7.79. The molecule has 0 fully saturated rings. The van der Waals surface area contributed by atoms with Gasteiger partial charge in [0.25, 0.3) is 5.91 Å². The minimum atomic E-state index is -0.00104. The topological polar surface area (TPSA) is 45.7 Å². The molecule has 116 valence electrons. The summed E-state index contributed by atoms with van der Waals surface area (Å²) in [6, 6.07) is 14.0. The maximum Gasteiger partial charge on any atom is 0.279 e. The smallest absolute Gasteiger partial charge is 0.279 e. The summed E-state index contributed by atoms with van der Waals surface area (Å²) in [5, 5.41) is 5.67. The van der Waals surface area contributed by atoms with Crippen LogP contribution in [0, 0.1) is 13.8 Å². The van der Waals surface area contributed by atoms with Gasteiger partial charge in [-0.3, -0.25) is 4.79 Å². The summed E-state index contributed by atoms with van der Waals surface area (Å²) < 4.78 is 0. The van der Waals surface area contributed by atoms with Crippen LogP contribution >= 0.6 is 11.6 Å². The number of carbonyl (C=O) groups is 1. The molecular formula is C18H22ClN2O+. The predicted octanol–water partition coefficient (Wildman–Crippen LogP) is 3.22. The van der Waals surface area contributed by atoms with Crippen LogP contribution in [0.4, 0.5) is 5.69 Å². The Morgan fingerprint density at radius 2 is 1.86 bits per heavy atom. The molecule has 3 nitrogen and oxygen atoms in total. The Balaban J connectivity index is 1.89. The monoisotopic (exact) mass is 317 g/mol. The van der Waals surface area contributed by atoms with E-state index in [4.69, 9.17) is 11.6 Å². The average molecular weight is 318 g/mol. The largest absolute Gasteiger partial charge is 0.333 e. The zero-order chi connectivity index (χ0) is 16.1. The number of rotatable bonds is 5. The number of carbonyl (C=O) groups excluding carboxylic acids is 1. The third-order valence-corrected chi connectivity index (χ3v) is 3.77. The molecule has 22 heavy (non-hydrogen) atoms. The second-order valence-electron chi connectivity index (χ2n) is 5.71. The van der Waals surface area contributed by atoms with Gasteiger partial charge < -0.3 is 10.6 Å². The fourth-order valence-corrected chi connectivity index (χ4v) is 2.67. The van der Waals surface area contributed by atoms with Crippen LogP contribution in [0.5, 0.6) is 0 Å². The number of nitrogens with one attached hydrogen (secondary N) is 1.